The van der Waals surface area contributed by atoms with Crippen molar-refractivity contribution in [2.24, 2.45) is 0 Å². The van der Waals surface area contributed by atoms with Crippen LogP contribution < -0.4 is 10.1 Å². The van der Waals surface area contributed by atoms with Crippen LogP contribution in [-0.4, -0.2) is 23.7 Å². The van der Waals surface area contributed by atoms with E-state index in [2.05, 4.69) is 10.3 Å². The van der Waals surface area contributed by atoms with E-state index < -0.39 is 18.7 Å². The Morgan fingerprint density at radius 2 is 1.93 bits per heavy atom. The van der Waals surface area contributed by atoms with Gasteiger partial charge in [-0.1, -0.05) is 41.9 Å². The number of hydrogen-bond donors (Lipinski definition) is 1. The van der Waals surface area contributed by atoms with Gasteiger partial charge in [0.1, 0.15) is 10.8 Å². The molecule has 1 heterocycles. The topological polar surface area (TPSA) is 51.2 Å². The van der Waals surface area contributed by atoms with E-state index >= 15 is 0 Å². The van der Waals surface area contributed by atoms with Crippen molar-refractivity contribution < 1.29 is 22.7 Å². The third-order valence-corrected chi connectivity index (χ3v) is 4.70. The van der Waals surface area contributed by atoms with E-state index in [1.54, 1.807) is 5.38 Å². The zero-order chi connectivity index (χ0) is 20.1. The summed E-state index contributed by atoms with van der Waals surface area (Å²) in [5.41, 5.74) is 1.57. The van der Waals surface area contributed by atoms with Gasteiger partial charge >= 0.3 is 6.18 Å². The lowest BCUT2D eigenvalue weighted by Gasteiger charge is -2.14. The fourth-order valence-electron chi connectivity index (χ4n) is 2.35. The average molecular weight is 427 g/mol. The molecular formula is C19H14ClF3N2O2S. The molecule has 0 spiro atoms. The average Bonchev–Trinajstić information content (AvgIpc) is 3.09. The number of anilines is 1. The normalized spacial score (nSPS) is 11.3. The first kappa shape index (κ1) is 20.2. The molecule has 0 unspecified atom stereocenters. The van der Waals surface area contributed by atoms with Crippen molar-refractivity contribution in [2.45, 2.75) is 12.6 Å². The Morgan fingerprint density at radius 1 is 1.18 bits per heavy atom. The first-order chi connectivity index (χ1) is 13.3. The third kappa shape index (κ3) is 5.71. The first-order valence-electron chi connectivity index (χ1n) is 8.09. The van der Waals surface area contributed by atoms with Crippen LogP contribution in [-0.2, 0) is 11.2 Å². The summed E-state index contributed by atoms with van der Waals surface area (Å²) in [6.45, 7) is -1.47. The van der Waals surface area contributed by atoms with Crippen LogP contribution in [0.5, 0.6) is 5.75 Å². The minimum atomic E-state index is -4.49. The second kappa shape index (κ2) is 8.62. The lowest BCUT2D eigenvalue weighted by Crippen LogP contribution is -2.21. The minimum absolute atomic E-state index is 0.0332. The van der Waals surface area contributed by atoms with Gasteiger partial charge in [0, 0.05) is 16.0 Å². The second-order valence-corrected chi connectivity index (χ2v) is 7.07. The van der Waals surface area contributed by atoms with Gasteiger partial charge < -0.3 is 10.1 Å². The summed E-state index contributed by atoms with van der Waals surface area (Å²) in [4.78, 5) is 16.7. The highest BCUT2D eigenvalue weighted by Gasteiger charge is 2.29. The van der Waals surface area contributed by atoms with Gasteiger partial charge in [-0.15, -0.1) is 11.3 Å². The van der Waals surface area contributed by atoms with E-state index in [0.29, 0.717) is 5.69 Å². The Labute approximate surface area is 167 Å². The zero-order valence-electron chi connectivity index (χ0n) is 14.3. The highest BCUT2D eigenvalue weighted by molar-refractivity contribution is 7.13. The van der Waals surface area contributed by atoms with Crippen molar-refractivity contribution in [1.29, 1.82) is 0 Å². The molecule has 0 saturated carbocycles. The molecule has 1 N–H and O–H groups in total. The maximum absolute atomic E-state index is 12.4. The van der Waals surface area contributed by atoms with Gasteiger partial charge in [-0.05, 0) is 18.2 Å². The Hall–Kier alpha value is -2.58. The summed E-state index contributed by atoms with van der Waals surface area (Å²) in [6, 6.07) is 13.5. The number of nitrogens with one attached hydrogen (secondary N) is 1. The van der Waals surface area contributed by atoms with E-state index in [1.807, 2.05) is 30.3 Å². The van der Waals surface area contributed by atoms with E-state index in [4.69, 9.17) is 16.3 Å². The summed E-state index contributed by atoms with van der Waals surface area (Å²) in [6.07, 6.45) is -4.52. The molecular weight excluding hydrogens is 413 g/mol. The molecule has 3 aromatic rings. The number of rotatable bonds is 6. The fraction of sp³-hybridized carbons (Fsp3) is 0.158. The number of halogens is 4. The van der Waals surface area contributed by atoms with Crippen LogP contribution in [0.25, 0.3) is 10.6 Å². The van der Waals surface area contributed by atoms with Gasteiger partial charge in [0.25, 0.3) is 0 Å². The Bertz CT molecular complexity index is 961. The van der Waals surface area contributed by atoms with Crippen molar-refractivity contribution in [2.75, 3.05) is 11.9 Å². The maximum atomic E-state index is 12.4. The summed E-state index contributed by atoms with van der Waals surface area (Å²) in [7, 11) is 0. The molecule has 0 radical (unpaired) electrons. The van der Waals surface area contributed by atoms with E-state index in [1.165, 1.54) is 29.5 Å². The molecule has 4 nitrogen and oxygen atoms in total. The third-order valence-electron chi connectivity index (χ3n) is 3.52. The Balaban J connectivity index is 1.68. The SMILES string of the molecule is O=C(Cc1csc(-c2ccccc2)n1)Nc1cc(Cl)ccc1OCC(F)(F)F. The van der Waals surface area contributed by atoms with Crippen LogP contribution in [0.1, 0.15) is 5.69 Å². The number of benzene rings is 2. The summed E-state index contributed by atoms with van der Waals surface area (Å²) < 4.78 is 42.0. The Kier molecular flexibility index (Phi) is 6.21. The van der Waals surface area contributed by atoms with E-state index in [9.17, 15) is 18.0 Å². The van der Waals surface area contributed by atoms with Crippen LogP contribution in [0, 0.1) is 0 Å². The van der Waals surface area contributed by atoms with Gasteiger partial charge in [-0.3, -0.25) is 4.79 Å². The van der Waals surface area contributed by atoms with Crippen molar-refractivity contribution in [1.82, 2.24) is 4.98 Å². The maximum Gasteiger partial charge on any atom is 0.422 e. The van der Waals surface area contributed by atoms with Crippen molar-refractivity contribution in [3.8, 4) is 16.3 Å². The van der Waals surface area contributed by atoms with Gasteiger partial charge in [-0.2, -0.15) is 13.2 Å². The van der Waals surface area contributed by atoms with Crippen LogP contribution in [0.4, 0.5) is 18.9 Å². The summed E-state index contributed by atoms with van der Waals surface area (Å²) in [5.74, 6) is -0.553. The lowest BCUT2D eigenvalue weighted by atomic mass is 10.2. The van der Waals surface area contributed by atoms with Crippen LogP contribution in [0.15, 0.2) is 53.9 Å². The van der Waals surface area contributed by atoms with Crippen molar-refractivity contribution in [3.63, 3.8) is 0 Å². The van der Waals surface area contributed by atoms with E-state index in [-0.39, 0.29) is 22.9 Å². The molecule has 0 atom stereocenters. The summed E-state index contributed by atoms with van der Waals surface area (Å²) in [5, 5.41) is 5.34. The van der Waals surface area contributed by atoms with E-state index in [0.717, 1.165) is 10.6 Å². The molecule has 9 heteroatoms. The molecule has 1 aromatic heterocycles. The number of nitrogens with zero attached hydrogens (tertiary/aromatic N) is 1. The van der Waals surface area contributed by atoms with Crippen LogP contribution in [0.3, 0.4) is 0 Å². The molecule has 0 aliphatic heterocycles. The minimum Gasteiger partial charge on any atom is -0.482 e. The molecule has 3 rings (SSSR count). The highest BCUT2D eigenvalue weighted by atomic mass is 35.5. The van der Waals surface area contributed by atoms with Crippen molar-refractivity contribution in [3.05, 3.63) is 64.6 Å². The summed E-state index contributed by atoms with van der Waals surface area (Å²) >= 11 is 7.29. The second-order valence-electron chi connectivity index (χ2n) is 5.78. The molecule has 0 saturated heterocycles. The number of thiazole rings is 1. The predicted octanol–water partition coefficient (Wildman–Crippen LogP) is 5.59. The number of ether oxygens (including phenoxy) is 1. The van der Waals surface area contributed by atoms with Crippen LogP contribution >= 0.6 is 22.9 Å². The lowest BCUT2D eigenvalue weighted by molar-refractivity contribution is -0.153. The smallest absolute Gasteiger partial charge is 0.422 e. The standard InChI is InChI=1S/C19H14ClF3N2O2S/c20-13-6-7-16(27-11-19(21,22)23)15(8-13)25-17(26)9-14-10-28-18(24-14)12-4-2-1-3-5-12/h1-8,10H,9,11H2,(H,25,26). The molecule has 2 aromatic carbocycles. The molecule has 28 heavy (non-hydrogen) atoms. The number of amides is 1. The molecule has 0 aliphatic rings. The Morgan fingerprint density at radius 3 is 2.64 bits per heavy atom. The number of alkyl halides is 3. The fourth-order valence-corrected chi connectivity index (χ4v) is 3.34. The van der Waals surface area contributed by atoms with Crippen LogP contribution in [0.2, 0.25) is 5.02 Å². The van der Waals surface area contributed by atoms with Gasteiger partial charge in [0.15, 0.2) is 6.61 Å². The number of hydrogen-bond acceptors (Lipinski definition) is 4. The number of carbonyl (C=O) groups is 1. The largest absolute Gasteiger partial charge is 0.482 e. The quantitative estimate of drug-likeness (QED) is 0.559. The van der Waals surface area contributed by atoms with Gasteiger partial charge in [-0.25, -0.2) is 4.98 Å². The van der Waals surface area contributed by atoms with Gasteiger partial charge in [0.05, 0.1) is 17.8 Å². The first-order valence-corrected chi connectivity index (χ1v) is 9.35. The van der Waals surface area contributed by atoms with Crippen molar-refractivity contribution >= 4 is 34.5 Å². The molecule has 0 aliphatic carbocycles. The molecule has 0 bridgehead atoms. The predicted molar refractivity (Wildman–Crippen MR) is 103 cm³/mol. The monoisotopic (exact) mass is 426 g/mol. The molecule has 146 valence electrons. The highest BCUT2D eigenvalue weighted by Crippen LogP contribution is 2.30. The number of aromatic nitrogens is 1. The molecule has 0 fully saturated rings. The number of carbonyl (C=O) groups excluding carboxylic acids is 1. The zero-order valence-corrected chi connectivity index (χ0v) is 15.9. The molecule has 1 amide bonds. The van der Waals surface area contributed by atoms with Gasteiger partial charge in [0.2, 0.25) is 5.91 Å².